The van der Waals surface area contributed by atoms with Crippen LogP contribution in [0, 0.1) is 22.7 Å². The Morgan fingerprint density at radius 3 is 2.38 bits per heavy atom. The van der Waals surface area contributed by atoms with Gasteiger partial charge in [-0.2, -0.15) is 5.26 Å². The van der Waals surface area contributed by atoms with E-state index in [1.54, 1.807) is 0 Å². The zero-order chi connectivity index (χ0) is 15.8. The van der Waals surface area contributed by atoms with E-state index in [-0.39, 0.29) is 5.78 Å². The van der Waals surface area contributed by atoms with Crippen molar-refractivity contribution in [2.24, 2.45) is 11.3 Å². The molecule has 0 radical (unpaired) electrons. The maximum Gasteiger partial charge on any atom is 0.171 e. The maximum absolute atomic E-state index is 11.6. The van der Waals surface area contributed by atoms with E-state index >= 15 is 0 Å². The molecule has 1 saturated heterocycles. The summed E-state index contributed by atoms with van der Waals surface area (Å²) in [5.74, 6) is 0.633. The van der Waals surface area contributed by atoms with Gasteiger partial charge in [-0.05, 0) is 24.2 Å². The summed E-state index contributed by atoms with van der Waals surface area (Å²) < 4.78 is 0. The van der Waals surface area contributed by atoms with Gasteiger partial charge in [-0.3, -0.25) is 4.79 Å². The van der Waals surface area contributed by atoms with Crippen molar-refractivity contribution in [2.45, 2.75) is 40.5 Å². The van der Waals surface area contributed by atoms with Gasteiger partial charge in [-0.15, -0.1) is 11.3 Å². The van der Waals surface area contributed by atoms with Gasteiger partial charge in [-0.25, -0.2) is 0 Å². The van der Waals surface area contributed by atoms with E-state index in [2.05, 4.69) is 31.7 Å². The molecule has 5 heteroatoms. The number of Topliss-reactive ketones (excluding diaryl/α,β-unsaturated/α-hetero) is 1. The molecule has 0 aromatic carbocycles. The summed E-state index contributed by atoms with van der Waals surface area (Å²) in [4.78, 5) is 14.3. The van der Waals surface area contributed by atoms with Crippen LogP contribution in [-0.4, -0.2) is 18.9 Å². The van der Waals surface area contributed by atoms with E-state index in [0.717, 1.165) is 30.9 Å². The van der Waals surface area contributed by atoms with E-state index in [1.165, 1.54) is 18.3 Å². The number of nitrogens with two attached hydrogens (primary N) is 1. The van der Waals surface area contributed by atoms with Gasteiger partial charge < -0.3 is 10.6 Å². The number of hydrogen-bond donors (Lipinski definition) is 1. The molecule has 2 heterocycles. The zero-order valence-corrected chi connectivity index (χ0v) is 14.0. The van der Waals surface area contributed by atoms with Crippen molar-refractivity contribution < 1.29 is 4.79 Å². The fraction of sp³-hybridized carbons (Fsp3) is 0.625. The van der Waals surface area contributed by atoms with Crippen LogP contribution in [0.5, 0.6) is 0 Å². The van der Waals surface area contributed by atoms with E-state index in [1.807, 2.05) is 0 Å². The largest absolute Gasteiger partial charge is 0.396 e. The lowest BCUT2D eigenvalue weighted by molar-refractivity contribution is 0.102. The third-order valence-electron chi connectivity index (χ3n) is 4.37. The minimum Gasteiger partial charge on any atom is -0.396 e. The number of anilines is 2. The molecule has 4 nitrogen and oxygen atoms in total. The van der Waals surface area contributed by atoms with Crippen LogP contribution < -0.4 is 10.6 Å². The minimum absolute atomic E-state index is 0.0650. The van der Waals surface area contributed by atoms with Crippen LogP contribution in [-0.2, 0) is 0 Å². The SMILES string of the molecule is CC(=O)c1sc(N2CCC(C(C)(C)C)CC2)c(C#N)c1N. The van der Waals surface area contributed by atoms with Gasteiger partial charge in [0.25, 0.3) is 0 Å². The molecule has 1 aromatic rings. The first kappa shape index (κ1) is 15.8. The number of hydrogen-bond acceptors (Lipinski definition) is 5. The van der Waals surface area contributed by atoms with E-state index in [9.17, 15) is 10.1 Å². The molecular weight excluding hydrogens is 282 g/mol. The topological polar surface area (TPSA) is 70.1 Å². The fourth-order valence-corrected chi connectivity index (χ4v) is 4.09. The molecule has 21 heavy (non-hydrogen) atoms. The molecule has 1 aliphatic rings. The molecule has 0 aliphatic carbocycles. The molecule has 0 spiro atoms. The van der Waals surface area contributed by atoms with Gasteiger partial charge in [0.05, 0.1) is 10.6 Å². The molecule has 1 aromatic heterocycles. The highest BCUT2D eigenvalue weighted by Gasteiger charge is 2.31. The third kappa shape index (κ3) is 3.06. The van der Waals surface area contributed by atoms with Gasteiger partial charge in [-0.1, -0.05) is 20.8 Å². The van der Waals surface area contributed by atoms with Crippen LogP contribution in [0.4, 0.5) is 10.7 Å². The second-order valence-electron chi connectivity index (χ2n) is 6.82. The smallest absolute Gasteiger partial charge is 0.171 e. The number of rotatable bonds is 2. The number of carbonyl (C=O) groups is 1. The first-order valence-corrected chi connectivity index (χ1v) is 8.15. The maximum atomic E-state index is 11.6. The normalized spacial score (nSPS) is 16.8. The van der Waals surface area contributed by atoms with Gasteiger partial charge in [0.1, 0.15) is 16.6 Å². The number of carbonyl (C=O) groups excluding carboxylic acids is 1. The molecule has 1 fully saturated rings. The number of piperidine rings is 1. The summed E-state index contributed by atoms with van der Waals surface area (Å²) in [7, 11) is 0. The fourth-order valence-electron chi connectivity index (χ4n) is 2.97. The van der Waals surface area contributed by atoms with Crippen LogP contribution in [0.1, 0.15) is 55.8 Å². The second-order valence-corrected chi connectivity index (χ2v) is 7.82. The quantitative estimate of drug-likeness (QED) is 0.846. The number of thiophene rings is 1. The van der Waals surface area contributed by atoms with Crippen molar-refractivity contribution in [2.75, 3.05) is 23.7 Å². The second kappa shape index (κ2) is 5.69. The first-order chi connectivity index (χ1) is 9.75. The number of ketones is 1. The Balaban J connectivity index is 2.23. The molecule has 0 saturated carbocycles. The Hall–Kier alpha value is -1.54. The molecule has 0 amide bonds. The number of nitriles is 1. The minimum atomic E-state index is -0.0650. The predicted octanol–water partition coefficient (Wildman–Crippen LogP) is 3.67. The van der Waals surface area contributed by atoms with Crippen molar-refractivity contribution in [1.82, 2.24) is 0 Å². The van der Waals surface area contributed by atoms with E-state index in [4.69, 9.17) is 5.73 Å². The highest BCUT2D eigenvalue weighted by atomic mass is 32.1. The summed E-state index contributed by atoms with van der Waals surface area (Å²) in [5.41, 5.74) is 7.10. The molecule has 1 aliphatic heterocycles. The molecule has 0 atom stereocenters. The van der Waals surface area contributed by atoms with Crippen molar-refractivity contribution in [1.29, 1.82) is 5.26 Å². The molecule has 2 rings (SSSR count). The Kier molecular flexibility index (Phi) is 4.29. The van der Waals surface area contributed by atoms with Crippen molar-refractivity contribution in [3.8, 4) is 6.07 Å². The lowest BCUT2D eigenvalue weighted by atomic mass is 9.75. The number of nitrogens with zero attached hydrogens (tertiary/aromatic N) is 2. The lowest BCUT2D eigenvalue weighted by Gasteiger charge is -2.39. The van der Waals surface area contributed by atoms with E-state index in [0.29, 0.717) is 27.5 Å². The molecule has 2 N–H and O–H groups in total. The van der Waals surface area contributed by atoms with Crippen molar-refractivity contribution in [3.05, 3.63) is 10.4 Å². The predicted molar refractivity (Wildman–Crippen MR) is 87.8 cm³/mol. The highest BCUT2D eigenvalue weighted by Crippen LogP contribution is 2.41. The van der Waals surface area contributed by atoms with Crippen LogP contribution in [0.15, 0.2) is 0 Å². The van der Waals surface area contributed by atoms with Crippen LogP contribution in [0.25, 0.3) is 0 Å². The van der Waals surface area contributed by atoms with Gasteiger partial charge in [0.2, 0.25) is 0 Å². The zero-order valence-electron chi connectivity index (χ0n) is 13.2. The summed E-state index contributed by atoms with van der Waals surface area (Å²) in [6, 6.07) is 2.17. The average Bonchev–Trinajstić information content (AvgIpc) is 2.75. The van der Waals surface area contributed by atoms with Crippen molar-refractivity contribution in [3.63, 3.8) is 0 Å². The molecule has 0 unspecified atom stereocenters. The summed E-state index contributed by atoms with van der Waals surface area (Å²) >= 11 is 1.36. The van der Waals surface area contributed by atoms with Crippen molar-refractivity contribution >= 4 is 27.8 Å². The van der Waals surface area contributed by atoms with Gasteiger partial charge in [0.15, 0.2) is 5.78 Å². The lowest BCUT2D eigenvalue weighted by Crippen LogP contribution is -2.37. The van der Waals surface area contributed by atoms with E-state index < -0.39 is 0 Å². The first-order valence-electron chi connectivity index (χ1n) is 7.34. The Bertz CT molecular complexity index is 584. The highest BCUT2D eigenvalue weighted by molar-refractivity contribution is 7.19. The molecular formula is C16H23N3OS. The summed E-state index contributed by atoms with van der Waals surface area (Å²) in [6.45, 7) is 10.2. The van der Waals surface area contributed by atoms with Crippen LogP contribution in [0.3, 0.4) is 0 Å². The summed E-state index contributed by atoms with van der Waals surface area (Å²) in [6.07, 6.45) is 2.23. The Labute approximate surface area is 130 Å². The standard InChI is InChI=1S/C16H23N3OS/c1-10(20)14-13(18)12(9-17)15(21-14)19-7-5-11(6-8-19)16(2,3)4/h11H,5-8,18H2,1-4H3. The van der Waals surface area contributed by atoms with Crippen LogP contribution >= 0.6 is 11.3 Å². The molecule has 114 valence electrons. The third-order valence-corrected chi connectivity index (χ3v) is 5.73. The Morgan fingerprint density at radius 1 is 1.38 bits per heavy atom. The summed E-state index contributed by atoms with van der Waals surface area (Å²) in [5, 5.41) is 10.2. The van der Waals surface area contributed by atoms with Gasteiger partial charge in [0, 0.05) is 20.0 Å². The Morgan fingerprint density at radius 2 is 1.95 bits per heavy atom. The molecule has 0 bridgehead atoms. The average molecular weight is 305 g/mol. The van der Waals surface area contributed by atoms with Crippen LogP contribution in [0.2, 0.25) is 0 Å². The number of nitrogen functional groups attached to an aromatic ring is 1. The monoisotopic (exact) mass is 305 g/mol. The van der Waals surface area contributed by atoms with Gasteiger partial charge >= 0.3 is 0 Å².